The van der Waals surface area contributed by atoms with Crippen LogP contribution in [-0.4, -0.2) is 18.9 Å². The normalized spacial score (nSPS) is 13.4. The van der Waals surface area contributed by atoms with Crippen molar-refractivity contribution < 1.29 is 14.3 Å². The van der Waals surface area contributed by atoms with Gasteiger partial charge in [0.2, 0.25) is 0 Å². The van der Waals surface area contributed by atoms with Gasteiger partial charge in [0.1, 0.15) is 0 Å². The Bertz CT molecular complexity index is 690. The van der Waals surface area contributed by atoms with Crippen LogP contribution >= 0.6 is 0 Å². The number of ketones is 1. The minimum Gasteiger partial charge on any atom is -0.466 e. The molecule has 0 aliphatic carbocycles. The summed E-state index contributed by atoms with van der Waals surface area (Å²) in [5, 5.41) is 0. The monoisotopic (exact) mass is 322 g/mol. The Labute approximate surface area is 143 Å². The molecule has 0 saturated heterocycles. The summed E-state index contributed by atoms with van der Waals surface area (Å²) in [7, 11) is 1.35. The van der Waals surface area contributed by atoms with Gasteiger partial charge in [-0.15, -0.1) is 0 Å². The molecule has 2 aromatic carbocycles. The van der Waals surface area contributed by atoms with Crippen molar-refractivity contribution in [2.45, 2.75) is 19.3 Å². The Morgan fingerprint density at radius 1 is 1.00 bits per heavy atom. The van der Waals surface area contributed by atoms with E-state index in [1.165, 1.54) is 13.2 Å². The highest BCUT2D eigenvalue weighted by atomic mass is 16.5. The molecule has 3 nitrogen and oxygen atoms in total. The molecule has 124 valence electrons. The van der Waals surface area contributed by atoms with E-state index in [4.69, 9.17) is 0 Å². The molecule has 0 spiro atoms. The van der Waals surface area contributed by atoms with Gasteiger partial charge in [0, 0.05) is 18.1 Å². The first-order valence-electron chi connectivity index (χ1n) is 8.01. The van der Waals surface area contributed by atoms with E-state index < -0.39 is 0 Å². The number of hydrogen-bond donors (Lipinski definition) is 0. The van der Waals surface area contributed by atoms with Crippen molar-refractivity contribution in [2.75, 3.05) is 7.11 Å². The maximum absolute atomic E-state index is 12.6. The molecule has 0 aliphatic heterocycles. The fourth-order valence-electron chi connectivity index (χ4n) is 2.68. The third-order valence-corrected chi connectivity index (χ3v) is 4.10. The smallest absolute Gasteiger partial charge is 0.330 e. The van der Waals surface area contributed by atoms with Crippen LogP contribution < -0.4 is 0 Å². The second-order valence-electron chi connectivity index (χ2n) is 5.75. The van der Waals surface area contributed by atoms with Crippen molar-refractivity contribution in [1.29, 1.82) is 0 Å². The Morgan fingerprint density at radius 2 is 1.58 bits per heavy atom. The molecule has 0 saturated carbocycles. The molecule has 0 bridgehead atoms. The van der Waals surface area contributed by atoms with Crippen LogP contribution in [0.1, 0.15) is 35.2 Å². The van der Waals surface area contributed by atoms with E-state index >= 15 is 0 Å². The molecule has 0 amide bonds. The van der Waals surface area contributed by atoms with Crippen LogP contribution in [0.2, 0.25) is 0 Å². The van der Waals surface area contributed by atoms with E-state index in [2.05, 4.69) is 4.74 Å². The van der Waals surface area contributed by atoms with Gasteiger partial charge in [0.25, 0.3) is 0 Å². The van der Waals surface area contributed by atoms with Gasteiger partial charge in [-0.1, -0.05) is 73.7 Å². The average molecular weight is 322 g/mol. The number of benzene rings is 2. The summed E-state index contributed by atoms with van der Waals surface area (Å²) in [4.78, 5) is 24.0. The molecule has 0 fully saturated rings. The number of rotatable bonds is 7. The Hall–Kier alpha value is -2.68. The molecule has 24 heavy (non-hydrogen) atoms. The Morgan fingerprint density at radius 3 is 2.17 bits per heavy atom. The minimum atomic E-state index is -0.386. The summed E-state index contributed by atoms with van der Waals surface area (Å²) < 4.78 is 4.64. The zero-order chi connectivity index (χ0) is 17.4. The molecule has 0 aromatic heterocycles. The second-order valence-corrected chi connectivity index (χ2v) is 5.75. The molecule has 3 heteroatoms. The molecular formula is C21H22O3. The molecule has 2 rings (SSSR count). The van der Waals surface area contributed by atoms with Crippen LogP contribution in [0.3, 0.4) is 0 Å². The lowest BCUT2D eigenvalue weighted by molar-refractivity contribution is -0.134. The summed E-state index contributed by atoms with van der Waals surface area (Å²) in [6.45, 7) is 2.01. The number of methoxy groups -OCH3 is 1. The number of hydrogen-bond acceptors (Lipinski definition) is 3. The van der Waals surface area contributed by atoms with Gasteiger partial charge >= 0.3 is 5.97 Å². The number of esters is 1. The SMILES string of the molecule is COC(=O)/C=C/[C@H](C)[C@H](CC(=O)c1ccccc1)c1ccccc1. The van der Waals surface area contributed by atoms with Gasteiger partial charge < -0.3 is 4.74 Å². The second kappa shape index (κ2) is 8.82. The van der Waals surface area contributed by atoms with E-state index in [1.807, 2.05) is 73.7 Å². The van der Waals surface area contributed by atoms with Crippen LogP contribution in [0.15, 0.2) is 72.8 Å². The van der Waals surface area contributed by atoms with Crippen molar-refractivity contribution in [3.05, 3.63) is 83.9 Å². The summed E-state index contributed by atoms with van der Waals surface area (Å²) in [5.41, 5.74) is 1.80. The number of ether oxygens (including phenoxy) is 1. The summed E-state index contributed by atoms with van der Waals surface area (Å²) in [6.07, 6.45) is 3.62. The van der Waals surface area contributed by atoms with Gasteiger partial charge in [-0.2, -0.15) is 0 Å². The zero-order valence-corrected chi connectivity index (χ0v) is 14.0. The van der Waals surface area contributed by atoms with Crippen LogP contribution in [0.25, 0.3) is 0 Å². The van der Waals surface area contributed by atoms with Crippen LogP contribution in [0.4, 0.5) is 0 Å². The molecule has 2 atom stereocenters. The zero-order valence-electron chi connectivity index (χ0n) is 14.0. The van der Waals surface area contributed by atoms with E-state index in [0.717, 1.165) is 5.56 Å². The van der Waals surface area contributed by atoms with E-state index in [0.29, 0.717) is 12.0 Å². The quantitative estimate of drug-likeness (QED) is 0.431. The molecule has 0 N–H and O–H groups in total. The molecule has 0 unspecified atom stereocenters. The molecule has 0 heterocycles. The standard InChI is InChI=1S/C21H22O3/c1-16(13-14-21(23)24-2)19(17-9-5-3-6-10-17)15-20(22)18-11-7-4-8-12-18/h3-14,16,19H,15H2,1-2H3/b14-13+/t16-,19-/m0/s1. The van der Waals surface area contributed by atoms with Crippen molar-refractivity contribution in [3.8, 4) is 0 Å². The highest BCUT2D eigenvalue weighted by molar-refractivity contribution is 5.96. The lowest BCUT2D eigenvalue weighted by Crippen LogP contribution is -2.14. The molecule has 0 radical (unpaired) electrons. The van der Waals surface area contributed by atoms with Crippen molar-refractivity contribution in [3.63, 3.8) is 0 Å². The fourth-order valence-corrected chi connectivity index (χ4v) is 2.68. The third-order valence-electron chi connectivity index (χ3n) is 4.10. The highest BCUT2D eigenvalue weighted by Crippen LogP contribution is 2.30. The fraction of sp³-hybridized carbons (Fsp3) is 0.238. The Balaban J connectivity index is 2.22. The van der Waals surface area contributed by atoms with E-state index in [-0.39, 0.29) is 23.6 Å². The highest BCUT2D eigenvalue weighted by Gasteiger charge is 2.21. The number of Topliss-reactive ketones (excluding diaryl/α,β-unsaturated/α-hetero) is 1. The first-order valence-corrected chi connectivity index (χ1v) is 8.01. The third kappa shape index (κ3) is 4.92. The average Bonchev–Trinajstić information content (AvgIpc) is 2.65. The van der Waals surface area contributed by atoms with Gasteiger partial charge in [0.15, 0.2) is 5.78 Å². The minimum absolute atomic E-state index is 0.000174. The van der Waals surface area contributed by atoms with Crippen molar-refractivity contribution in [2.24, 2.45) is 5.92 Å². The summed E-state index contributed by atoms with van der Waals surface area (Å²) >= 11 is 0. The molecule has 2 aromatic rings. The summed E-state index contributed by atoms with van der Waals surface area (Å²) in [5.74, 6) is -0.259. The summed E-state index contributed by atoms with van der Waals surface area (Å²) in [6, 6.07) is 19.2. The first-order chi connectivity index (χ1) is 11.6. The topological polar surface area (TPSA) is 43.4 Å². The number of carbonyl (C=O) groups excluding carboxylic acids is 2. The van der Waals surface area contributed by atoms with Crippen LogP contribution in [0.5, 0.6) is 0 Å². The van der Waals surface area contributed by atoms with Gasteiger partial charge in [-0.25, -0.2) is 4.79 Å². The van der Waals surface area contributed by atoms with Crippen molar-refractivity contribution >= 4 is 11.8 Å². The maximum Gasteiger partial charge on any atom is 0.330 e. The van der Waals surface area contributed by atoms with Gasteiger partial charge in [-0.3, -0.25) is 4.79 Å². The molecule has 0 aliphatic rings. The van der Waals surface area contributed by atoms with Crippen LogP contribution in [-0.2, 0) is 9.53 Å². The van der Waals surface area contributed by atoms with Gasteiger partial charge in [-0.05, 0) is 17.4 Å². The lowest BCUT2D eigenvalue weighted by atomic mass is 9.82. The molecular weight excluding hydrogens is 300 g/mol. The number of allylic oxidation sites excluding steroid dienone is 1. The first kappa shape index (κ1) is 17.7. The lowest BCUT2D eigenvalue weighted by Gasteiger charge is -2.21. The largest absolute Gasteiger partial charge is 0.466 e. The maximum atomic E-state index is 12.6. The number of carbonyl (C=O) groups is 2. The van der Waals surface area contributed by atoms with Crippen LogP contribution in [0, 0.1) is 5.92 Å². The predicted molar refractivity (Wildman–Crippen MR) is 94.9 cm³/mol. The Kier molecular flexibility index (Phi) is 6.50. The van der Waals surface area contributed by atoms with Gasteiger partial charge in [0.05, 0.1) is 7.11 Å². The predicted octanol–water partition coefficient (Wildman–Crippen LogP) is 4.41. The van der Waals surface area contributed by atoms with E-state index in [9.17, 15) is 9.59 Å². The van der Waals surface area contributed by atoms with Crippen molar-refractivity contribution in [1.82, 2.24) is 0 Å². The van der Waals surface area contributed by atoms with E-state index in [1.54, 1.807) is 0 Å².